The third-order valence-electron chi connectivity index (χ3n) is 7.62. The lowest BCUT2D eigenvalue weighted by molar-refractivity contribution is -0.114. The van der Waals surface area contributed by atoms with Gasteiger partial charge in [-0.15, -0.1) is 11.8 Å². The fourth-order valence-electron chi connectivity index (χ4n) is 5.11. The zero-order chi connectivity index (χ0) is 31.2. The number of hydrogen-bond donors (Lipinski definition) is 0. The number of carbonyl (C=O) groups is 1. The van der Waals surface area contributed by atoms with E-state index in [1.165, 1.54) is 10.6 Å². The molecule has 0 fully saturated rings. The second kappa shape index (κ2) is 13.8. The molecule has 1 aromatic heterocycles. The average Bonchev–Trinajstić information content (AvgIpc) is 3.63. The van der Waals surface area contributed by atoms with Gasteiger partial charge in [-0.3, -0.25) is 4.79 Å². The summed E-state index contributed by atoms with van der Waals surface area (Å²) in [5.41, 5.74) is 7.78. The molecule has 6 rings (SSSR count). The van der Waals surface area contributed by atoms with Crippen molar-refractivity contribution in [3.05, 3.63) is 132 Å². The van der Waals surface area contributed by atoms with E-state index < -0.39 is 0 Å². The Hall–Kier alpha value is -4.88. The average molecular weight is 613 g/mol. The van der Waals surface area contributed by atoms with Gasteiger partial charge in [0.05, 0.1) is 35.0 Å². The number of aryl methyl sites for hydroxylation is 2. The molecule has 1 aliphatic heterocycles. The third-order valence-corrected chi connectivity index (χ3v) is 8.64. The number of para-hydroxylation sites is 2. The molecule has 0 saturated heterocycles. The van der Waals surface area contributed by atoms with Crippen molar-refractivity contribution in [3.8, 4) is 22.7 Å². The number of hydrazone groups is 1. The molecule has 0 saturated carbocycles. The van der Waals surface area contributed by atoms with E-state index in [2.05, 4.69) is 51.1 Å². The number of amides is 1. The molecule has 7 heteroatoms. The van der Waals surface area contributed by atoms with E-state index in [1.54, 1.807) is 11.8 Å². The number of benzene rings is 4. The Balaban J connectivity index is 1.41. The minimum Gasteiger partial charge on any atom is -0.493 e. The Kier molecular flexibility index (Phi) is 9.27. The molecule has 1 amide bonds. The summed E-state index contributed by atoms with van der Waals surface area (Å²) in [7, 11) is 0. The smallest absolute Gasteiger partial charge is 0.280 e. The highest BCUT2D eigenvalue weighted by Crippen LogP contribution is 2.33. The monoisotopic (exact) mass is 612 g/mol. The van der Waals surface area contributed by atoms with Gasteiger partial charge in [0.2, 0.25) is 0 Å². The van der Waals surface area contributed by atoms with Gasteiger partial charge in [0.15, 0.2) is 0 Å². The molecule has 2 heterocycles. The summed E-state index contributed by atoms with van der Waals surface area (Å²) in [6.07, 6.45) is 6.03. The predicted octanol–water partition coefficient (Wildman–Crippen LogP) is 8.91. The van der Waals surface area contributed by atoms with Crippen molar-refractivity contribution >= 4 is 35.1 Å². The summed E-state index contributed by atoms with van der Waals surface area (Å²) >= 11 is 1.67. The number of rotatable bonds is 11. The molecule has 1 aliphatic rings. The molecular formula is C38H36N4O2S. The molecule has 0 radical (unpaired) electrons. The summed E-state index contributed by atoms with van der Waals surface area (Å²) in [5.74, 6) is 1.27. The standard InChI is InChI=1S/C38H36N4O2S/c1-4-5-22-44-36-21-18-29(23-28(36)3)37-30(25-41(40-37)31-12-8-6-9-13-31)24-34-35(26-45-33-19-16-27(2)17-20-33)39-42(38(34)43)32-14-10-7-11-15-32/h6-21,23-25H,4-5,22,26H2,1-3H3. The number of anilines is 1. The summed E-state index contributed by atoms with van der Waals surface area (Å²) in [6.45, 7) is 6.99. The fraction of sp³-hybridized carbons (Fsp3) is 0.184. The third kappa shape index (κ3) is 6.94. The van der Waals surface area contributed by atoms with Crippen molar-refractivity contribution in [2.45, 2.75) is 38.5 Å². The first-order valence-electron chi connectivity index (χ1n) is 15.3. The SMILES string of the molecule is CCCCOc1ccc(-c2nn(-c3ccccc3)cc2C=C2C(=O)N(c3ccccc3)N=C2CSc2ccc(C)cc2)cc1C. The number of aromatic nitrogens is 2. The Morgan fingerprint density at radius 2 is 1.58 bits per heavy atom. The van der Waals surface area contributed by atoms with E-state index in [4.69, 9.17) is 14.9 Å². The maximum absolute atomic E-state index is 14.0. The number of ether oxygens (including phenoxy) is 1. The predicted molar refractivity (Wildman–Crippen MR) is 185 cm³/mol. The summed E-state index contributed by atoms with van der Waals surface area (Å²) < 4.78 is 7.90. The van der Waals surface area contributed by atoms with Gasteiger partial charge in [-0.05, 0) is 86.5 Å². The molecule has 45 heavy (non-hydrogen) atoms. The maximum atomic E-state index is 14.0. The maximum Gasteiger partial charge on any atom is 0.280 e. The Bertz CT molecular complexity index is 1840. The van der Waals surface area contributed by atoms with Crippen LogP contribution >= 0.6 is 11.8 Å². The molecule has 0 N–H and O–H groups in total. The van der Waals surface area contributed by atoms with Crippen molar-refractivity contribution in [1.29, 1.82) is 0 Å². The van der Waals surface area contributed by atoms with Gasteiger partial charge in [-0.2, -0.15) is 15.2 Å². The number of nitrogens with zero attached hydrogens (tertiary/aromatic N) is 4. The Labute approximate surface area is 269 Å². The van der Waals surface area contributed by atoms with Crippen molar-refractivity contribution in [3.63, 3.8) is 0 Å². The Morgan fingerprint density at radius 3 is 2.27 bits per heavy atom. The van der Waals surface area contributed by atoms with E-state index in [1.807, 2.05) is 89.8 Å². The molecule has 4 aromatic carbocycles. The van der Waals surface area contributed by atoms with Crippen molar-refractivity contribution in [2.75, 3.05) is 17.4 Å². The van der Waals surface area contributed by atoms with Gasteiger partial charge in [0.25, 0.3) is 5.91 Å². The van der Waals surface area contributed by atoms with E-state index in [-0.39, 0.29) is 5.91 Å². The molecule has 0 bridgehead atoms. The first kappa shape index (κ1) is 30.2. The van der Waals surface area contributed by atoms with Gasteiger partial charge in [0, 0.05) is 28.0 Å². The summed E-state index contributed by atoms with van der Waals surface area (Å²) in [5, 5.41) is 11.4. The minimum absolute atomic E-state index is 0.157. The van der Waals surface area contributed by atoms with E-state index >= 15 is 0 Å². The second-order valence-electron chi connectivity index (χ2n) is 11.1. The minimum atomic E-state index is -0.157. The molecule has 6 nitrogen and oxygen atoms in total. The van der Waals surface area contributed by atoms with Gasteiger partial charge in [-0.1, -0.05) is 67.4 Å². The van der Waals surface area contributed by atoms with Crippen molar-refractivity contribution in [2.24, 2.45) is 5.10 Å². The first-order chi connectivity index (χ1) is 22.0. The lowest BCUT2D eigenvalue weighted by Crippen LogP contribution is -2.21. The van der Waals surface area contributed by atoms with Crippen LogP contribution in [0.3, 0.4) is 0 Å². The lowest BCUT2D eigenvalue weighted by atomic mass is 10.0. The number of unbranched alkanes of at least 4 members (excludes halogenated alkanes) is 1. The number of carbonyl (C=O) groups excluding carboxylic acids is 1. The van der Waals surface area contributed by atoms with Crippen LogP contribution in [-0.4, -0.2) is 33.8 Å². The quantitative estimate of drug-likeness (QED) is 0.0849. The van der Waals surface area contributed by atoms with Crippen LogP contribution in [-0.2, 0) is 4.79 Å². The van der Waals surface area contributed by atoms with Crippen LogP contribution in [0.1, 0.15) is 36.5 Å². The van der Waals surface area contributed by atoms with Crippen LogP contribution in [0.4, 0.5) is 5.69 Å². The van der Waals surface area contributed by atoms with Gasteiger partial charge >= 0.3 is 0 Å². The second-order valence-corrected chi connectivity index (χ2v) is 12.1. The topological polar surface area (TPSA) is 59.7 Å². The highest BCUT2D eigenvalue weighted by atomic mass is 32.2. The first-order valence-corrected chi connectivity index (χ1v) is 16.3. The van der Waals surface area contributed by atoms with Crippen LogP contribution in [0.2, 0.25) is 0 Å². The number of hydrogen-bond acceptors (Lipinski definition) is 5. The van der Waals surface area contributed by atoms with E-state index in [0.29, 0.717) is 17.9 Å². The van der Waals surface area contributed by atoms with Gasteiger partial charge in [0.1, 0.15) is 5.75 Å². The van der Waals surface area contributed by atoms with Crippen molar-refractivity contribution in [1.82, 2.24) is 9.78 Å². The van der Waals surface area contributed by atoms with Crippen LogP contribution < -0.4 is 9.75 Å². The van der Waals surface area contributed by atoms with Crippen LogP contribution in [0, 0.1) is 13.8 Å². The van der Waals surface area contributed by atoms with Crippen LogP contribution in [0.15, 0.2) is 125 Å². The van der Waals surface area contributed by atoms with Gasteiger partial charge < -0.3 is 4.74 Å². The lowest BCUT2D eigenvalue weighted by Gasteiger charge is -2.11. The molecular weight excluding hydrogens is 577 g/mol. The normalized spacial score (nSPS) is 13.8. The molecule has 0 unspecified atom stereocenters. The zero-order valence-electron chi connectivity index (χ0n) is 25.8. The summed E-state index contributed by atoms with van der Waals surface area (Å²) in [4.78, 5) is 15.1. The largest absolute Gasteiger partial charge is 0.493 e. The molecule has 5 aromatic rings. The molecule has 0 atom stereocenters. The number of thioether (sulfide) groups is 1. The molecule has 226 valence electrons. The molecule has 0 aliphatic carbocycles. The summed E-state index contributed by atoms with van der Waals surface area (Å²) in [6, 6.07) is 34.2. The highest BCUT2D eigenvalue weighted by Gasteiger charge is 2.31. The van der Waals surface area contributed by atoms with E-state index in [9.17, 15) is 4.79 Å². The van der Waals surface area contributed by atoms with E-state index in [0.717, 1.165) is 63.0 Å². The zero-order valence-corrected chi connectivity index (χ0v) is 26.6. The molecule has 0 spiro atoms. The van der Waals surface area contributed by atoms with Crippen molar-refractivity contribution < 1.29 is 9.53 Å². The van der Waals surface area contributed by atoms with Crippen LogP contribution in [0.5, 0.6) is 5.75 Å². The Morgan fingerprint density at radius 1 is 0.867 bits per heavy atom. The van der Waals surface area contributed by atoms with Gasteiger partial charge in [-0.25, -0.2) is 4.68 Å². The fourth-order valence-corrected chi connectivity index (χ4v) is 5.96. The highest BCUT2D eigenvalue weighted by molar-refractivity contribution is 8.00. The van der Waals surface area contributed by atoms with Crippen LogP contribution in [0.25, 0.3) is 23.0 Å².